The van der Waals surface area contributed by atoms with E-state index in [9.17, 15) is 0 Å². The maximum Gasteiger partial charge on any atom is 0.0615 e. The van der Waals surface area contributed by atoms with Gasteiger partial charge in [0.15, 0.2) is 0 Å². The molecule has 1 saturated heterocycles. The van der Waals surface area contributed by atoms with E-state index in [1.807, 2.05) is 0 Å². The topological polar surface area (TPSA) is 9.23 Å². The molecule has 1 heteroatoms. The molecule has 4 atom stereocenters. The highest BCUT2D eigenvalue weighted by Gasteiger charge is 2.44. The Hall–Kier alpha value is -0.0400. The zero-order chi connectivity index (χ0) is 9.64. The highest BCUT2D eigenvalue weighted by atomic mass is 16.5. The van der Waals surface area contributed by atoms with Crippen molar-refractivity contribution < 1.29 is 4.74 Å². The van der Waals surface area contributed by atoms with Gasteiger partial charge in [0.1, 0.15) is 0 Å². The lowest BCUT2D eigenvalue weighted by molar-refractivity contribution is -0.0235. The molecule has 13 heavy (non-hydrogen) atoms. The largest absolute Gasteiger partial charge is 0.375 e. The van der Waals surface area contributed by atoms with Gasteiger partial charge in [-0.2, -0.15) is 0 Å². The molecule has 1 nitrogen and oxygen atoms in total. The Morgan fingerprint density at radius 3 is 2.54 bits per heavy atom. The molecule has 0 amide bonds. The van der Waals surface area contributed by atoms with Gasteiger partial charge in [-0.15, -0.1) is 0 Å². The summed E-state index contributed by atoms with van der Waals surface area (Å²) in [6.45, 7) is 9.39. The minimum absolute atomic E-state index is 0.505. The molecule has 1 heterocycles. The molecule has 0 aromatic carbocycles. The standard InChI is InChI=1S/C12H22O/c1-8-6-12(3,4)7-11-10(8)5-9(2)13-11/h8-11H,5-7H2,1-4H3/t8-,9?,10-,11+/m0/s1. The van der Waals surface area contributed by atoms with E-state index in [4.69, 9.17) is 4.74 Å². The van der Waals surface area contributed by atoms with E-state index in [0.717, 1.165) is 11.8 Å². The van der Waals surface area contributed by atoms with Crippen LogP contribution in [0.1, 0.15) is 47.0 Å². The Bertz CT molecular complexity index is 197. The first-order valence-corrected chi connectivity index (χ1v) is 5.63. The zero-order valence-corrected chi connectivity index (χ0v) is 9.34. The summed E-state index contributed by atoms with van der Waals surface area (Å²) in [4.78, 5) is 0. The van der Waals surface area contributed by atoms with Crippen molar-refractivity contribution in [3.05, 3.63) is 0 Å². The van der Waals surface area contributed by atoms with Gasteiger partial charge in [0.05, 0.1) is 12.2 Å². The first kappa shape index (κ1) is 9.51. The smallest absolute Gasteiger partial charge is 0.0615 e. The van der Waals surface area contributed by atoms with Crippen molar-refractivity contribution in [1.82, 2.24) is 0 Å². The van der Waals surface area contributed by atoms with Gasteiger partial charge in [-0.05, 0) is 43.4 Å². The van der Waals surface area contributed by atoms with Crippen molar-refractivity contribution in [3.63, 3.8) is 0 Å². The predicted molar refractivity (Wildman–Crippen MR) is 54.6 cm³/mol. The summed E-state index contributed by atoms with van der Waals surface area (Å²) < 4.78 is 5.97. The number of rotatable bonds is 0. The molecule has 76 valence electrons. The van der Waals surface area contributed by atoms with Gasteiger partial charge in [-0.3, -0.25) is 0 Å². The molecule has 0 spiro atoms. The molecule has 0 radical (unpaired) electrons. The fourth-order valence-corrected chi connectivity index (χ4v) is 3.44. The number of hydrogen-bond donors (Lipinski definition) is 0. The van der Waals surface area contributed by atoms with E-state index in [2.05, 4.69) is 27.7 Å². The van der Waals surface area contributed by atoms with E-state index < -0.39 is 0 Å². The van der Waals surface area contributed by atoms with Crippen LogP contribution in [-0.4, -0.2) is 12.2 Å². The van der Waals surface area contributed by atoms with Crippen molar-refractivity contribution in [3.8, 4) is 0 Å². The van der Waals surface area contributed by atoms with Crippen LogP contribution in [-0.2, 0) is 4.74 Å². The lowest BCUT2D eigenvalue weighted by atomic mass is 9.66. The van der Waals surface area contributed by atoms with Gasteiger partial charge >= 0.3 is 0 Å². The van der Waals surface area contributed by atoms with Crippen LogP contribution >= 0.6 is 0 Å². The summed E-state index contributed by atoms with van der Waals surface area (Å²) in [6.07, 6.45) is 5.01. The molecule has 1 aliphatic heterocycles. The zero-order valence-electron chi connectivity index (χ0n) is 9.34. The quantitative estimate of drug-likeness (QED) is 0.559. The average Bonchev–Trinajstić information content (AvgIpc) is 2.27. The van der Waals surface area contributed by atoms with E-state index >= 15 is 0 Å². The van der Waals surface area contributed by atoms with Gasteiger partial charge < -0.3 is 4.74 Å². The molecule has 0 N–H and O–H groups in total. The summed E-state index contributed by atoms with van der Waals surface area (Å²) in [5.41, 5.74) is 0.505. The molecule has 0 aromatic rings. The summed E-state index contributed by atoms with van der Waals surface area (Å²) in [6, 6.07) is 0. The van der Waals surface area contributed by atoms with E-state index in [1.54, 1.807) is 0 Å². The third-order valence-corrected chi connectivity index (χ3v) is 3.85. The van der Waals surface area contributed by atoms with Crippen LogP contribution in [0.25, 0.3) is 0 Å². The molecule has 1 aliphatic carbocycles. The van der Waals surface area contributed by atoms with Crippen molar-refractivity contribution >= 4 is 0 Å². The normalized spacial score (nSPS) is 48.9. The van der Waals surface area contributed by atoms with Gasteiger partial charge in [-0.1, -0.05) is 20.8 Å². The monoisotopic (exact) mass is 182 g/mol. The second-order valence-corrected chi connectivity index (χ2v) is 5.93. The van der Waals surface area contributed by atoms with E-state index in [0.29, 0.717) is 17.6 Å². The minimum atomic E-state index is 0.505. The molecular weight excluding hydrogens is 160 g/mol. The minimum Gasteiger partial charge on any atom is -0.375 e. The van der Waals surface area contributed by atoms with Gasteiger partial charge in [0.2, 0.25) is 0 Å². The molecule has 2 rings (SSSR count). The Labute approximate surface area is 81.9 Å². The van der Waals surface area contributed by atoms with Gasteiger partial charge in [0.25, 0.3) is 0 Å². The van der Waals surface area contributed by atoms with Crippen LogP contribution in [0.5, 0.6) is 0 Å². The third-order valence-electron chi connectivity index (χ3n) is 3.85. The maximum absolute atomic E-state index is 5.97. The molecule has 1 unspecified atom stereocenters. The van der Waals surface area contributed by atoms with Gasteiger partial charge in [0, 0.05) is 0 Å². The van der Waals surface area contributed by atoms with Crippen LogP contribution in [0.4, 0.5) is 0 Å². The first-order valence-electron chi connectivity index (χ1n) is 5.63. The first-order chi connectivity index (χ1) is 5.98. The van der Waals surface area contributed by atoms with Crippen molar-refractivity contribution in [2.24, 2.45) is 17.3 Å². The lowest BCUT2D eigenvalue weighted by Gasteiger charge is -2.40. The summed E-state index contributed by atoms with van der Waals surface area (Å²) in [5.74, 6) is 1.71. The highest BCUT2D eigenvalue weighted by molar-refractivity contribution is 4.93. The van der Waals surface area contributed by atoms with Crippen LogP contribution in [0.15, 0.2) is 0 Å². The second kappa shape index (κ2) is 2.98. The lowest BCUT2D eigenvalue weighted by Crippen LogP contribution is -2.36. The van der Waals surface area contributed by atoms with Gasteiger partial charge in [-0.25, -0.2) is 0 Å². The highest BCUT2D eigenvalue weighted by Crippen LogP contribution is 2.48. The van der Waals surface area contributed by atoms with E-state index in [1.165, 1.54) is 19.3 Å². The Morgan fingerprint density at radius 2 is 1.85 bits per heavy atom. The van der Waals surface area contributed by atoms with Crippen LogP contribution in [0, 0.1) is 17.3 Å². The van der Waals surface area contributed by atoms with Crippen molar-refractivity contribution in [2.45, 2.75) is 59.2 Å². The molecule has 0 bridgehead atoms. The summed E-state index contributed by atoms with van der Waals surface area (Å²) in [5, 5.41) is 0. The molecule has 1 saturated carbocycles. The third kappa shape index (κ3) is 1.76. The molecule has 0 aromatic heterocycles. The van der Waals surface area contributed by atoms with E-state index in [-0.39, 0.29) is 0 Å². The fraction of sp³-hybridized carbons (Fsp3) is 1.00. The molecular formula is C12H22O. The molecule has 2 fully saturated rings. The summed E-state index contributed by atoms with van der Waals surface area (Å²) in [7, 11) is 0. The second-order valence-electron chi connectivity index (χ2n) is 5.93. The Kier molecular flexibility index (Phi) is 2.18. The molecule has 2 aliphatic rings. The number of fused-ring (bicyclic) bond motifs is 1. The maximum atomic E-state index is 5.97. The van der Waals surface area contributed by atoms with Crippen molar-refractivity contribution in [1.29, 1.82) is 0 Å². The Morgan fingerprint density at radius 1 is 1.15 bits per heavy atom. The van der Waals surface area contributed by atoms with Crippen LogP contribution in [0.3, 0.4) is 0 Å². The Balaban J connectivity index is 2.10. The fourth-order valence-electron chi connectivity index (χ4n) is 3.44. The SMILES string of the molecule is CC1C[C@H]2[C@@H](C)CC(C)(C)C[C@H]2O1. The average molecular weight is 182 g/mol. The van der Waals surface area contributed by atoms with Crippen LogP contribution < -0.4 is 0 Å². The number of hydrogen-bond acceptors (Lipinski definition) is 1. The number of ether oxygens (including phenoxy) is 1. The van der Waals surface area contributed by atoms with Crippen LogP contribution in [0.2, 0.25) is 0 Å². The predicted octanol–water partition coefficient (Wildman–Crippen LogP) is 3.24. The summed E-state index contributed by atoms with van der Waals surface area (Å²) >= 11 is 0. The van der Waals surface area contributed by atoms with Crippen molar-refractivity contribution in [2.75, 3.05) is 0 Å².